The van der Waals surface area contributed by atoms with Crippen molar-refractivity contribution in [2.24, 2.45) is 11.5 Å². The van der Waals surface area contributed by atoms with E-state index < -0.39 is 60.1 Å². The smallest absolute Gasteiger partial charge is 0.244 e. The fraction of sp³-hybridized carbons (Fsp3) is 0.700. The van der Waals surface area contributed by atoms with Crippen LogP contribution in [0.5, 0.6) is 0 Å². The minimum absolute atomic E-state index is 0.206. The number of primary amides is 1. The maximum absolute atomic E-state index is 12.6. The Labute approximate surface area is 199 Å². The van der Waals surface area contributed by atoms with E-state index in [1.54, 1.807) is 0 Å². The SMILES string of the molecule is CNCCCC[C@H](NC(C)=O)C(=O)N[C@@H](C)C(=O)N[C@H](C)C(=O)N[C@@H](CC(N)=O)C(=O)NCN. The van der Waals surface area contributed by atoms with Crippen molar-refractivity contribution in [1.29, 1.82) is 0 Å². The first-order valence-corrected chi connectivity index (χ1v) is 11.0. The number of unbranched alkanes of at least 4 members (excludes halogenated alkanes) is 1. The summed E-state index contributed by atoms with van der Waals surface area (Å²) >= 11 is 0. The summed E-state index contributed by atoms with van der Waals surface area (Å²) in [6, 6.07) is -4.17. The van der Waals surface area contributed by atoms with Crippen LogP contribution in [0.3, 0.4) is 0 Å². The van der Waals surface area contributed by atoms with E-state index >= 15 is 0 Å². The van der Waals surface area contributed by atoms with Gasteiger partial charge in [-0.05, 0) is 46.7 Å². The standard InChI is InChI=1S/C20H38N8O6/c1-11(26-20(34)14(27-13(3)29)7-5-6-8-23-4)17(31)25-12(2)18(32)28-15(9-16(22)30)19(33)24-10-21/h11-12,14-15,23H,5-10,21H2,1-4H3,(H2,22,30)(H,24,33)(H,25,31)(H,26,34)(H,27,29)(H,28,32)/t11-,12+,14-,15-/m0/s1. The maximum atomic E-state index is 12.6. The van der Waals surface area contributed by atoms with Gasteiger partial charge in [-0.2, -0.15) is 0 Å². The van der Waals surface area contributed by atoms with Crippen LogP contribution in [0.1, 0.15) is 46.5 Å². The summed E-state index contributed by atoms with van der Waals surface area (Å²) in [6.45, 7) is 4.65. The lowest BCUT2D eigenvalue weighted by Gasteiger charge is -2.23. The molecule has 10 N–H and O–H groups in total. The predicted molar refractivity (Wildman–Crippen MR) is 124 cm³/mol. The predicted octanol–water partition coefficient (Wildman–Crippen LogP) is -3.72. The van der Waals surface area contributed by atoms with E-state index in [0.717, 1.165) is 13.0 Å². The van der Waals surface area contributed by atoms with Gasteiger partial charge >= 0.3 is 0 Å². The van der Waals surface area contributed by atoms with Gasteiger partial charge in [-0.15, -0.1) is 0 Å². The molecule has 0 aliphatic heterocycles. The lowest BCUT2D eigenvalue weighted by atomic mass is 10.1. The Hall–Kier alpha value is -3.26. The van der Waals surface area contributed by atoms with E-state index in [4.69, 9.17) is 11.5 Å². The average Bonchev–Trinajstić information content (AvgIpc) is 2.74. The van der Waals surface area contributed by atoms with Gasteiger partial charge < -0.3 is 43.4 Å². The molecule has 0 aliphatic carbocycles. The molecule has 0 unspecified atom stereocenters. The number of nitrogens with two attached hydrogens (primary N) is 2. The molecule has 4 atom stereocenters. The van der Waals surface area contributed by atoms with Crippen LogP contribution in [0, 0.1) is 0 Å². The van der Waals surface area contributed by atoms with Crippen molar-refractivity contribution >= 4 is 35.4 Å². The Morgan fingerprint density at radius 1 is 0.765 bits per heavy atom. The van der Waals surface area contributed by atoms with Crippen LogP contribution < -0.4 is 43.4 Å². The maximum Gasteiger partial charge on any atom is 0.244 e. The van der Waals surface area contributed by atoms with Crippen LogP contribution in [-0.2, 0) is 28.8 Å². The summed E-state index contributed by atoms with van der Waals surface area (Å²) in [5, 5.41) is 15.1. The minimum Gasteiger partial charge on any atom is -0.370 e. The molecule has 0 spiro atoms. The van der Waals surface area contributed by atoms with Gasteiger partial charge in [0.1, 0.15) is 24.2 Å². The largest absolute Gasteiger partial charge is 0.370 e. The first-order chi connectivity index (χ1) is 15.9. The van der Waals surface area contributed by atoms with Crippen LogP contribution in [0.4, 0.5) is 0 Å². The number of carbonyl (C=O) groups excluding carboxylic acids is 6. The molecule has 0 aromatic rings. The van der Waals surface area contributed by atoms with Crippen molar-refractivity contribution in [2.75, 3.05) is 20.3 Å². The van der Waals surface area contributed by atoms with Gasteiger partial charge in [0, 0.05) is 6.92 Å². The van der Waals surface area contributed by atoms with Gasteiger partial charge in [0.2, 0.25) is 35.4 Å². The summed E-state index contributed by atoms with van der Waals surface area (Å²) in [6.07, 6.45) is 1.43. The van der Waals surface area contributed by atoms with Gasteiger partial charge in [0.05, 0.1) is 13.1 Å². The highest BCUT2D eigenvalue weighted by Gasteiger charge is 2.28. The van der Waals surface area contributed by atoms with Gasteiger partial charge in [-0.25, -0.2) is 0 Å². The van der Waals surface area contributed by atoms with Gasteiger partial charge in [0.15, 0.2) is 0 Å². The highest BCUT2D eigenvalue weighted by Crippen LogP contribution is 2.02. The zero-order valence-corrected chi connectivity index (χ0v) is 20.2. The Kier molecular flexibility index (Phi) is 14.8. The van der Waals surface area contributed by atoms with Crippen molar-refractivity contribution in [3.05, 3.63) is 0 Å². The number of nitrogens with one attached hydrogen (secondary N) is 6. The molecule has 0 bridgehead atoms. The molecule has 14 heteroatoms. The third-order valence-corrected chi connectivity index (χ3v) is 4.68. The third-order valence-electron chi connectivity index (χ3n) is 4.68. The average molecular weight is 487 g/mol. The molecule has 14 nitrogen and oxygen atoms in total. The van der Waals surface area contributed by atoms with E-state index in [1.165, 1.54) is 20.8 Å². The van der Waals surface area contributed by atoms with Crippen molar-refractivity contribution in [3.8, 4) is 0 Å². The summed E-state index contributed by atoms with van der Waals surface area (Å²) < 4.78 is 0. The molecule has 0 aromatic heterocycles. The summed E-state index contributed by atoms with van der Waals surface area (Å²) in [5.41, 5.74) is 10.3. The van der Waals surface area contributed by atoms with Crippen LogP contribution in [0.2, 0.25) is 0 Å². The Morgan fingerprint density at radius 2 is 1.32 bits per heavy atom. The lowest BCUT2D eigenvalue weighted by Crippen LogP contribution is -2.57. The highest BCUT2D eigenvalue weighted by atomic mass is 16.2. The molecule has 0 saturated heterocycles. The van der Waals surface area contributed by atoms with Gasteiger partial charge in [-0.1, -0.05) is 0 Å². The van der Waals surface area contributed by atoms with Crippen LogP contribution in [0.15, 0.2) is 0 Å². The molecular weight excluding hydrogens is 448 g/mol. The molecule has 0 aliphatic rings. The second-order valence-corrected chi connectivity index (χ2v) is 7.79. The first-order valence-electron chi connectivity index (χ1n) is 11.0. The molecule has 6 amide bonds. The second-order valence-electron chi connectivity index (χ2n) is 7.79. The fourth-order valence-corrected chi connectivity index (χ4v) is 2.88. The number of rotatable bonds is 16. The number of carbonyl (C=O) groups is 6. The summed E-state index contributed by atoms with van der Waals surface area (Å²) in [5.74, 6) is -3.82. The Bertz CT molecular complexity index is 732. The minimum atomic E-state index is -1.26. The molecular formula is C20H38N8O6. The normalized spacial score (nSPS) is 14.0. The van der Waals surface area contributed by atoms with E-state index in [-0.39, 0.29) is 12.6 Å². The van der Waals surface area contributed by atoms with Crippen molar-refractivity contribution in [1.82, 2.24) is 31.9 Å². The summed E-state index contributed by atoms with van der Waals surface area (Å²) in [4.78, 5) is 72.0. The lowest BCUT2D eigenvalue weighted by molar-refractivity contribution is -0.134. The molecule has 0 saturated carbocycles. The van der Waals surface area contributed by atoms with Crippen molar-refractivity contribution in [3.63, 3.8) is 0 Å². The van der Waals surface area contributed by atoms with Gasteiger partial charge in [-0.3, -0.25) is 28.8 Å². The van der Waals surface area contributed by atoms with Crippen LogP contribution in [0.25, 0.3) is 0 Å². The molecule has 0 radical (unpaired) electrons. The van der Waals surface area contributed by atoms with E-state index in [9.17, 15) is 28.8 Å². The van der Waals surface area contributed by atoms with Crippen molar-refractivity contribution < 1.29 is 28.8 Å². The Balaban J connectivity index is 4.93. The van der Waals surface area contributed by atoms with Gasteiger partial charge in [0.25, 0.3) is 0 Å². The number of hydrogen-bond donors (Lipinski definition) is 8. The zero-order chi connectivity index (χ0) is 26.3. The topological polar surface area (TPSA) is 227 Å². The molecule has 194 valence electrons. The molecule has 0 heterocycles. The monoisotopic (exact) mass is 486 g/mol. The third kappa shape index (κ3) is 12.7. The highest BCUT2D eigenvalue weighted by molar-refractivity contribution is 5.96. The Morgan fingerprint density at radius 3 is 1.82 bits per heavy atom. The number of hydrogen-bond acceptors (Lipinski definition) is 8. The summed E-state index contributed by atoms with van der Waals surface area (Å²) in [7, 11) is 1.81. The fourth-order valence-electron chi connectivity index (χ4n) is 2.88. The first kappa shape index (κ1) is 30.7. The van der Waals surface area contributed by atoms with Crippen molar-refractivity contribution in [2.45, 2.75) is 70.6 Å². The zero-order valence-electron chi connectivity index (χ0n) is 20.2. The number of amides is 6. The molecule has 0 fully saturated rings. The second kappa shape index (κ2) is 16.4. The quantitative estimate of drug-likeness (QED) is 0.0797. The van der Waals surface area contributed by atoms with Crippen LogP contribution >= 0.6 is 0 Å². The van der Waals surface area contributed by atoms with Crippen LogP contribution in [-0.4, -0.2) is 79.9 Å². The molecule has 0 aromatic carbocycles. The molecule has 0 rings (SSSR count). The molecule has 34 heavy (non-hydrogen) atoms. The van der Waals surface area contributed by atoms with E-state index in [0.29, 0.717) is 12.8 Å². The van der Waals surface area contributed by atoms with E-state index in [1.807, 2.05) is 7.05 Å². The van der Waals surface area contributed by atoms with E-state index in [2.05, 4.69) is 31.9 Å².